The number of nitrogens with zero attached hydrogens (tertiary/aromatic N) is 3. The maximum absolute atomic E-state index is 6.09. The van der Waals surface area contributed by atoms with Crippen LogP contribution in [0.15, 0.2) is 0 Å². The third-order valence-electron chi connectivity index (χ3n) is 3.07. The van der Waals surface area contributed by atoms with Gasteiger partial charge in [0.1, 0.15) is 5.82 Å². The Balaban J connectivity index is 2.28. The zero-order valence-corrected chi connectivity index (χ0v) is 9.99. The molecule has 4 heteroatoms. The molecule has 2 N–H and O–H groups in total. The Kier molecular flexibility index (Phi) is 2.46. The van der Waals surface area contributed by atoms with Gasteiger partial charge < -0.3 is 5.73 Å². The van der Waals surface area contributed by atoms with Gasteiger partial charge in [0, 0.05) is 30.7 Å². The number of hydrogen-bond donors (Lipinski definition) is 1. The topological polar surface area (TPSA) is 47.1 Å². The van der Waals surface area contributed by atoms with E-state index in [0.717, 1.165) is 24.6 Å². The summed E-state index contributed by atoms with van der Waals surface area (Å²) in [5.74, 6) is 0.850. The normalized spacial score (nSPS) is 16.7. The van der Waals surface area contributed by atoms with Crippen LogP contribution in [-0.4, -0.2) is 20.7 Å². The third-order valence-corrected chi connectivity index (χ3v) is 3.07. The van der Waals surface area contributed by atoms with Gasteiger partial charge in [-0.15, -0.1) is 0 Å². The SMILES string of the molecule is CC(C)N1Cc2nn(C(C)C)c(N)c2C1. The first kappa shape index (κ1) is 10.5. The van der Waals surface area contributed by atoms with Gasteiger partial charge in [-0.3, -0.25) is 4.90 Å². The van der Waals surface area contributed by atoms with Crippen molar-refractivity contribution in [1.29, 1.82) is 0 Å². The minimum Gasteiger partial charge on any atom is -0.384 e. The molecule has 0 aromatic carbocycles. The van der Waals surface area contributed by atoms with Crippen LogP contribution in [0.2, 0.25) is 0 Å². The van der Waals surface area contributed by atoms with E-state index in [1.165, 1.54) is 5.56 Å². The largest absolute Gasteiger partial charge is 0.384 e. The van der Waals surface area contributed by atoms with Crippen molar-refractivity contribution in [2.75, 3.05) is 5.73 Å². The summed E-state index contributed by atoms with van der Waals surface area (Å²) >= 11 is 0. The van der Waals surface area contributed by atoms with Gasteiger partial charge >= 0.3 is 0 Å². The van der Waals surface area contributed by atoms with E-state index in [1.807, 2.05) is 4.68 Å². The molecule has 2 heterocycles. The Labute approximate surface area is 91.1 Å². The van der Waals surface area contributed by atoms with E-state index < -0.39 is 0 Å². The van der Waals surface area contributed by atoms with Crippen molar-refractivity contribution in [2.24, 2.45) is 0 Å². The highest BCUT2D eigenvalue weighted by atomic mass is 15.4. The number of aromatic nitrogens is 2. The highest BCUT2D eigenvalue weighted by molar-refractivity contribution is 5.45. The Morgan fingerprint density at radius 3 is 2.27 bits per heavy atom. The highest BCUT2D eigenvalue weighted by Crippen LogP contribution is 2.29. The van der Waals surface area contributed by atoms with E-state index in [4.69, 9.17) is 5.73 Å². The molecular formula is C11H20N4. The number of fused-ring (bicyclic) bond motifs is 1. The molecule has 1 aliphatic rings. The molecule has 0 saturated heterocycles. The van der Waals surface area contributed by atoms with Crippen LogP contribution >= 0.6 is 0 Å². The molecule has 0 unspecified atom stereocenters. The fourth-order valence-electron chi connectivity index (χ4n) is 2.04. The summed E-state index contributed by atoms with van der Waals surface area (Å²) in [5, 5.41) is 4.57. The quantitative estimate of drug-likeness (QED) is 0.805. The number of hydrogen-bond acceptors (Lipinski definition) is 3. The van der Waals surface area contributed by atoms with E-state index in [2.05, 4.69) is 37.7 Å². The van der Waals surface area contributed by atoms with Crippen molar-refractivity contribution in [1.82, 2.24) is 14.7 Å². The molecule has 0 bridgehead atoms. The van der Waals surface area contributed by atoms with Crippen LogP contribution in [0.3, 0.4) is 0 Å². The van der Waals surface area contributed by atoms with Crippen molar-refractivity contribution < 1.29 is 0 Å². The molecule has 0 spiro atoms. The van der Waals surface area contributed by atoms with Crippen LogP contribution in [-0.2, 0) is 13.1 Å². The summed E-state index contributed by atoms with van der Waals surface area (Å²) in [4.78, 5) is 2.39. The number of nitrogen functional groups attached to an aromatic ring is 1. The first-order valence-electron chi connectivity index (χ1n) is 5.60. The Bertz CT molecular complexity index is 365. The standard InChI is InChI=1S/C11H20N4/c1-7(2)14-5-9-10(6-14)13-15(8(3)4)11(9)12/h7-8H,5-6,12H2,1-4H3. The predicted molar refractivity (Wildman–Crippen MR) is 61.4 cm³/mol. The van der Waals surface area contributed by atoms with Gasteiger partial charge in [0.15, 0.2) is 0 Å². The Morgan fingerprint density at radius 1 is 1.13 bits per heavy atom. The summed E-state index contributed by atoms with van der Waals surface area (Å²) in [7, 11) is 0. The van der Waals surface area contributed by atoms with Gasteiger partial charge in [0.25, 0.3) is 0 Å². The van der Waals surface area contributed by atoms with Gasteiger partial charge in [-0.2, -0.15) is 5.10 Å². The maximum atomic E-state index is 6.09. The summed E-state index contributed by atoms with van der Waals surface area (Å²) in [6, 6.07) is 0.911. The van der Waals surface area contributed by atoms with Crippen molar-refractivity contribution in [3.05, 3.63) is 11.3 Å². The molecule has 0 aliphatic carbocycles. The van der Waals surface area contributed by atoms with Gasteiger partial charge in [-0.05, 0) is 27.7 Å². The van der Waals surface area contributed by atoms with Gasteiger partial charge in [0.05, 0.1) is 5.69 Å². The molecular weight excluding hydrogens is 188 g/mol. The molecule has 0 saturated carbocycles. The zero-order valence-electron chi connectivity index (χ0n) is 9.99. The molecule has 1 aromatic rings. The van der Waals surface area contributed by atoms with Crippen molar-refractivity contribution in [3.63, 3.8) is 0 Å². The van der Waals surface area contributed by atoms with Gasteiger partial charge in [0.2, 0.25) is 0 Å². The molecule has 2 rings (SSSR count). The lowest BCUT2D eigenvalue weighted by atomic mass is 10.3. The van der Waals surface area contributed by atoms with Crippen LogP contribution < -0.4 is 5.73 Å². The minimum absolute atomic E-state index is 0.350. The maximum Gasteiger partial charge on any atom is 0.126 e. The lowest BCUT2D eigenvalue weighted by Gasteiger charge is -2.20. The smallest absolute Gasteiger partial charge is 0.126 e. The van der Waals surface area contributed by atoms with E-state index >= 15 is 0 Å². The predicted octanol–water partition coefficient (Wildman–Crippen LogP) is 1.77. The Hall–Kier alpha value is -1.03. The van der Waals surface area contributed by atoms with Crippen LogP contribution in [0.25, 0.3) is 0 Å². The number of nitrogens with two attached hydrogens (primary N) is 1. The second-order valence-electron chi connectivity index (χ2n) is 4.85. The van der Waals surface area contributed by atoms with Crippen molar-refractivity contribution >= 4 is 5.82 Å². The lowest BCUT2D eigenvalue weighted by Crippen LogP contribution is -2.25. The molecule has 84 valence electrons. The van der Waals surface area contributed by atoms with E-state index in [0.29, 0.717) is 12.1 Å². The number of rotatable bonds is 2. The second kappa shape index (κ2) is 3.52. The fraction of sp³-hybridized carbons (Fsp3) is 0.727. The van der Waals surface area contributed by atoms with E-state index in [-0.39, 0.29) is 0 Å². The van der Waals surface area contributed by atoms with E-state index in [1.54, 1.807) is 0 Å². The van der Waals surface area contributed by atoms with E-state index in [9.17, 15) is 0 Å². The zero-order chi connectivity index (χ0) is 11.2. The lowest BCUT2D eigenvalue weighted by molar-refractivity contribution is 0.223. The van der Waals surface area contributed by atoms with Gasteiger partial charge in [-0.25, -0.2) is 4.68 Å². The molecule has 0 radical (unpaired) electrons. The Morgan fingerprint density at radius 2 is 1.80 bits per heavy atom. The monoisotopic (exact) mass is 208 g/mol. The highest BCUT2D eigenvalue weighted by Gasteiger charge is 2.27. The molecule has 0 fully saturated rings. The molecule has 15 heavy (non-hydrogen) atoms. The summed E-state index contributed by atoms with van der Waals surface area (Å²) in [6.45, 7) is 10.5. The summed E-state index contributed by atoms with van der Waals surface area (Å²) in [6.07, 6.45) is 0. The van der Waals surface area contributed by atoms with Crippen molar-refractivity contribution in [2.45, 2.75) is 52.9 Å². The van der Waals surface area contributed by atoms with Crippen LogP contribution in [0.5, 0.6) is 0 Å². The first-order chi connectivity index (χ1) is 7.00. The third kappa shape index (κ3) is 1.63. The fourth-order valence-corrected chi connectivity index (χ4v) is 2.04. The van der Waals surface area contributed by atoms with Crippen LogP contribution in [0.1, 0.15) is 45.0 Å². The number of anilines is 1. The van der Waals surface area contributed by atoms with Crippen LogP contribution in [0.4, 0.5) is 5.82 Å². The van der Waals surface area contributed by atoms with Gasteiger partial charge in [-0.1, -0.05) is 0 Å². The van der Waals surface area contributed by atoms with Crippen molar-refractivity contribution in [3.8, 4) is 0 Å². The molecule has 1 aliphatic heterocycles. The van der Waals surface area contributed by atoms with Crippen LogP contribution in [0, 0.1) is 0 Å². The minimum atomic E-state index is 0.350. The molecule has 0 atom stereocenters. The molecule has 1 aromatic heterocycles. The average Bonchev–Trinajstić information content (AvgIpc) is 2.65. The molecule has 0 amide bonds. The second-order valence-corrected chi connectivity index (χ2v) is 4.85. The summed E-state index contributed by atoms with van der Waals surface area (Å²) in [5.41, 5.74) is 8.49. The average molecular weight is 208 g/mol. The molecule has 4 nitrogen and oxygen atoms in total. The summed E-state index contributed by atoms with van der Waals surface area (Å²) < 4.78 is 1.93. The first-order valence-corrected chi connectivity index (χ1v) is 5.60.